The highest BCUT2D eigenvalue weighted by Gasteiger charge is 2.49. The third-order valence-corrected chi connectivity index (χ3v) is 4.57. The molecule has 0 fully saturated rings. The van der Waals surface area contributed by atoms with Crippen molar-refractivity contribution in [2.24, 2.45) is 0 Å². The Labute approximate surface area is 140 Å². The predicted molar refractivity (Wildman–Crippen MR) is 95.2 cm³/mol. The SMILES string of the molecule is CCCCC1(O)C(CCC)=C(CCC)C(=O)N1c1ccccc1. The summed E-state index contributed by atoms with van der Waals surface area (Å²) < 4.78 is 0. The Balaban J connectivity index is 2.51. The lowest BCUT2D eigenvalue weighted by Gasteiger charge is -2.36. The molecule has 1 N–H and O–H groups in total. The maximum atomic E-state index is 13.1. The van der Waals surface area contributed by atoms with Crippen molar-refractivity contribution < 1.29 is 9.90 Å². The molecule has 0 spiro atoms. The van der Waals surface area contributed by atoms with Gasteiger partial charge in [-0.2, -0.15) is 0 Å². The molecule has 0 radical (unpaired) electrons. The Bertz CT molecular complexity index is 564. The molecule has 0 saturated heterocycles. The average molecular weight is 315 g/mol. The molecule has 126 valence electrons. The lowest BCUT2D eigenvalue weighted by molar-refractivity contribution is -0.117. The van der Waals surface area contributed by atoms with E-state index >= 15 is 0 Å². The minimum Gasteiger partial charge on any atom is -0.367 e. The number of benzene rings is 1. The molecule has 1 aliphatic rings. The second kappa shape index (κ2) is 7.78. The van der Waals surface area contributed by atoms with Crippen LogP contribution in [0.15, 0.2) is 41.5 Å². The maximum Gasteiger partial charge on any atom is 0.256 e. The average Bonchev–Trinajstić information content (AvgIpc) is 2.76. The first-order valence-electron chi connectivity index (χ1n) is 8.94. The van der Waals surface area contributed by atoms with Crippen LogP contribution in [0.3, 0.4) is 0 Å². The molecule has 1 heterocycles. The Morgan fingerprint density at radius 3 is 2.22 bits per heavy atom. The number of unbranched alkanes of at least 4 members (excludes halogenated alkanes) is 1. The molecule has 3 heteroatoms. The summed E-state index contributed by atoms with van der Waals surface area (Å²) in [5, 5.41) is 11.5. The molecular weight excluding hydrogens is 286 g/mol. The number of aliphatic hydroxyl groups is 1. The van der Waals surface area contributed by atoms with Crippen molar-refractivity contribution in [3.05, 3.63) is 41.5 Å². The van der Waals surface area contributed by atoms with Crippen molar-refractivity contribution in [3.63, 3.8) is 0 Å². The van der Waals surface area contributed by atoms with Gasteiger partial charge in [0, 0.05) is 11.3 Å². The Hall–Kier alpha value is -1.61. The van der Waals surface area contributed by atoms with Gasteiger partial charge in [-0.3, -0.25) is 9.69 Å². The molecule has 3 nitrogen and oxygen atoms in total. The predicted octanol–water partition coefficient (Wildman–Crippen LogP) is 4.81. The van der Waals surface area contributed by atoms with Crippen LogP contribution in [-0.4, -0.2) is 16.7 Å². The topological polar surface area (TPSA) is 40.5 Å². The van der Waals surface area contributed by atoms with Crippen LogP contribution in [0.1, 0.15) is 65.7 Å². The molecule has 1 aromatic rings. The molecule has 1 aromatic carbocycles. The number of anilines is 1. The monoisotopic (exact) mass is 315 g/mol. The van der Waals surface area contributed by atoms with Crippen LogP contribution in [0.2, 0.25) is 0 Å². The number of hydrogen-bond acceptors (Lipinski definition) is 2. The fourth-order valence-corrected chi connectivity index (χ4v) is 3.51. The van der Waals surface area contributed by atoms with Crippen molar-refractivity contribution >= 4 is 11.6 Å². The van der Waals surface area contributed by atoms with E-state index < -0.39 is 5.72 Å². The van der Waals surface area contributed by atoms with Crippen molar-refractivity contribution in [3.8, 4) is 0 Å². The van der Waals surface area contributed by atoms with Crippen LogP contribution >= 0.6 is 0 Å². The van der Waals surface area contributed by atoms with Gasteiger partial charge in [0.15, 0.2) is 5.72 Å². The van der Waals surface area contributed by atoms with Gasteiger partial charge in [-0.05, 0) is 43.4 Å². The molecule has 0 saturated carbocycles. The van der Waals surface area contributed by atoms with Gasteiger partial charge in [0.1, 0.15) is 0 Å². The van der Waals surface area contributed by atoms with Gasteiger partial charge >= 0.3 is 0 Å². The van der Waals surface area contributed by atoms with Crippen LogP contribution < -0.4 is 4.90 Å². The van der Waals surface area contributed by atoms with E-state index in [-0.39, 0.29) is 5.91 Å². The standard InChI is InChI=1S/C20H29NO2/c1-4-7-15-20(23)18(12-6-3)17(11-5-2)19(22)21(20)16-13-9-8-10-14-16/h8-10,13-14,23H,4-7,11-12,15H2,1-3H3. The Kier molecular flexibility index (Phi) is 6.00. The van der Waals surface area contributed by atoms with Crippen LogP contribution in [0.4, 0.5) is 5.69 Å². The normalized spacial score (nSPS) is 21.4. The van der Waals surface area contributed by atoms with Gasteiger partial charge in [-0.1, -0.05) is 58.2 Å². The molecule has 0 aliphatic carbocycles. The van der Waals surface area contributed by atoms with Gasteiger partial charge in [0.2, 0.25) is 0 Å². The summed E-state index contributed by atoms with van der Waals surface area (Å²) in [5.74, 6) is -0.0138. The number of rotatable bonds is 8. The number of nitrogens with zero attached hydrogens (tertiary/aromatic N) is 1. The van der Waals surface area contributed by atoms with Crippen LogP contribution in [-0.2, 0) is 4.79 Å². The zero-order valence-electron chi connectivity index (χ0n) is 14.6. The van der Waals surface area contributed by atoms with Crippen molar-refractivity contribution in [2.75, 3.05) is 4.90 Å². The third-order valence-electron chi connectivity index (χ3n) is 4.57. The third kappa shape index (κ3) is 3.35. The van der Waals surface area contributed by atoms with E-state index in [1.807, 2.05) is 30.3 Å². The first-order chi connectivity index (χ1) is 11.1. The van der Waals surface area contributed by atoms with Crippen molar-refractivity contribution in [1.82, 2.24) is 0 Å². The highest BCUT2D eigenvalue weighted by molar-refractivity contribution is 6.10. The Morgan fingerprint density at radius 1 is 1.00 bits per heavy atom. The summed E-state index contributed by atoms with van der Waals surface area (Å²) in [4.78, 5) is 14.7. The second-order valence-corrected chi connectivity index (χ2v) is 6.35. The van der Waals surface area contributed by atoms with E-state index in [4.69, 9.17) is 0 Å². The number of para-hydroxylation sites is 1. The first-order valence-corrected chi connectivity index (χ1v) is 8.94. The number of amides is 1. The van der Waals surface area contributed by atoms with E-state index in [0.29, 0.717) is 6.42 Å². The summed E-state index contributed by atoms with van der Waals surface area (Å²) in [5.41, 5.74) is 1.41. The number of hydrogen-bond donors (Lipinski definition) is 1. The Morgan fingerprint density at radius 2 is 1.65 bits per heavy atom. The largest absolute Gasteiger partial charge is 0.367 e. The van der Waals surface area contributed by atoms with Gasteiger partial charge in [-0.25, -0.2) is 0 Å². The molecule has 1 atom stereocenters. The lowest BCUT2D eigenvalue weighted by Crippen LogP contribution is -2.48. The second-order valence-electron chi connectivity index (χ2n) is 6.35. The number of carbonyl (C=O) groups is 1. The van der Waals surface area contributed by atoms with E-state index in [0.717, 1.165) is 55.4 Å². The minimum absolute atomic E-state index is 0.0138. The molecule has 1 aliphatic heterocycles. The highest BCUT2D eigenvalue weighted by Crippen LogP contribution is 2.43. The smallest absolute Gasteiger partial charge is 0.256 e. The lowest BCUT2D eigenvalue weighted by atomic mass is 9.91. The van der Waals surface area contributed by atoms with Gasteiger partial charge < -0.3 is 5.11 Å². The summed E-state index contributed by atoms with van der Waals surface area (Å²) in [6, 6.07) is 9.59. The van der Waals surface area contributed by atoms with Crippen molar-refractivity contribution in [2.45, 2.75) is 71.4 Å². The molecule has 0 aromatic heterocycles. The van der Waals surface area contributed by atoms with E-state index in [1.54, 1.807) is 4.90 Å². The van der Waals surface area contributed by atoms with Gasteiger partial charge in [0.25, 0.3) is 5.91 Å². The van der Waals surface area contributed by atoms with Crippen molar-refractivity contribution in [1.29, 1.82) is 0 Å². The van der Waals surface area contributed by atoms with E-state index in [9.17, 15) is 9.90 Å². The molecule has 0 bridgehead atoms. The fourth-order valence-electron chi connectivity index (χ4n) is 3.51. The molecular formula is C20H29NO2. The molecule has 2 rings (SSSR count). The molecule has 1 amide bonds. The zero-order chi connectivity index (χ0) is 16.9. The van der Waals surface area contributed by atoms with Crippen LogP contribution in [0.25, 0.3) is 0 Å². The quantitative estimate of drug-likeness (QED) is 0.748. The minimum atomic E-state index is -1.16. The van der Waals surface area contributed by atoms with E-state index in [2.05, 4.69) is 20.8 Å². The highest BCUT2D eigenvalue weighted by atomic mass is 16.3. The number of carbonyl (C=O) groups excluding carboxylic acids is 1. The summed E-state index contributed by atoms with van der Waals surface area (Å²) in [6.45, 7) is 6.30. The maximum absolute atomic E-state index is 13.1. The molecule has 1 unspecified atom stereocenters. The van der Waals surface area contributed by atoms with Gasteiger partial charge in [-0.15, -0.1) is 0 Å². The summed E-state index contributed by atoms with van der Waals surface area (Å²) in [7, 11) is 0. The summed E-state index contributed by atoms with van der Waals surface area (Å²) >= 11 is 0. The van der Waals surface area contributed by atoms with Crippen LogP contribution in [0.5, 0.6) is 0 Å². The molecule has 23 heavy (non-hydrogen) atoms. The summed E-state index contributed by atoms with van der Waals surface area (Å²) in [6.07, 6.45) is 5.89. The first kappa shape index (κ1) is 17.7. The van der Waals surface area contributed by atoms with Gasteiger partial charge in [0.05, 0.1) is 0 Å². The zero-order valence-corrected chi connectivity index (χ0v) is 14.6. The fraction of sp³-hybridized carbons (Fsp3) is 0.550. The van der Waals surface area contributed by atoms with Crippen LogP contribution in [0, 0.1) is 0 Å². The van der Waals surface area contributed by atoms with E-state index in [1.165, 1.54) is 0 Å².